The molecule has 0 aromatic heterocycles. The number of nitrogens with one attached hydrogen (secondary N) is 2. The summed E-state index contributed by atoms with van der Waals surface area (Å²) in [5.74, 6) is -0.178. The molecule has 7 nitrogen and oxygen atoms in total. The number of hydrogen-bond donors (Lipinski definition) is 3. The van der Waals surface area contributed by atoms with E-state index >= 15 is 0 Å². The Bertz CT molecular complexity index is 658. The fraction of sp³-hybridized carbons (Fsp3) is 0.588. The van der Waals surface area contributed by atoms with Gasteiger partial charge in [-0.05, 0) is 37.6 Å². The van der Waals surface area contributed by atoms with E-state index in [0.717, 1.165) is 13.0 Å². The third-order valence-corrected chi connectivity index (χ3v) is 5.83. The molecule has 0 aliphatic carbocycles. The molecule has 0 bridgehead atoms. The molecular formula is C17H30N4O3S. The first-order chi connectivity index (χ1) is 11.9. The monoisotopic (exact) mass is 370 g/mol. The topological polar surface area (TPSA) is 105 Å². The summed E-state index contributed by atoms with van der Waals surface area (Å²) in [7, 11) is -3.58. The van der Waals surface area contributed by atoms with Crippen LogP contribution in [0.4, 0.5) is 11.4 Å². The van der Waals surface area contributed by atoms with E-state index in [1.165, 1.54) is 10.4 Å². The van der Waals surface area contributed by atoms with Gasteiger partial charge in [0.15, 0.2) is 0 Å². The number of hydrogen-bond acceptors (Lipinski definition) is 5. The predicted octanol–water partition coefficient (Wildman–Crippen LogP) is 2.22. The number of carbonyl (C=O) groups is 1. The lowest BCUT2D eigenvalue weighted by atomic mass is 10.2. The van der Waals surface area contributed by atoms with Gasteiger partial charge in [0, 0.05) is 26.1 Å². The normalized spacial score (nSPS) is 11.6. The zero-order chi connectivity index (χ0) is 18.9. The number of nitrogens with two attached hydrogens (primary N) is 1. The van der Waals surface area contributed by atoms with Crippen LogP contribution in [0.3, 0.4) is 0 Å². The lowest BCUT2D eigenvalue weighted by Gasteiger charge is -2.20. The first kappa shape index (κ1) is 21.4. The summed E-state index contributed by atoms with van der Waals surface area (Å²) in [4.78, 5) is 12.2. The molecule has 142 valence electrons. The molecule has 1 rings (SSSR count). The summed E-state index contributed by atoms with van der Waals surface area (Å²) in [5, 5.41) is 6.01. The van der Waals surface area contributed by atoms with Crippen LogP contribution in [0.5, 0.6) is 0 Å². The molecule has 0 saturated heterocycles. The van der Waals surface area contributed by atoms with Crippen molar-refractivity contribution in [1.82, 2.24) is 4.31 Å². The van der Waals surface area contributed by atoms with Crippen LogP contribution in [0.1, 0.15) is 40.0 Å². The zero-order valence-electron chi connectivity index (χ0n) is 15.3. The molecule has 25 heavy (non-hydrogen) atoms. The Morgan fingerprint density at radius 3 is 2.40 bits per heavy atom. The van der Waals surface area contributed by atoms with Crippen LogP contribution in [0.25, 0.3) is 0 Å². The van der Waals surface area contributed by atoms with Gasteiger partial charge in [-0.3, -0.25) is 4.79 Å². The molecule has 0 spiro atoms. The molecule has 1 amide bonds. The molecule has 0 unspecified atom stereocenters. The fourth-order valence-corrected chi connectivity index (χ4v) is 3.87. The SMILES string of the molecule is CCCNc1ccc(S(=O)(=O)N(CC)CC)cc1NC(=O)CCCN. The number of rotatable bonds is 11. The van der Waals surface area contributed by atoms with E-state index in [0.29, 0.717) is 43.9 Å². The third-order valence-electron chi connectivity index (χ3n) is 3.78. The minimum Gasteiger partial charge on any atom is -0.383 e. The largest absolute Gasteiger partial charge is 0.383 e. The summed E-state index contributed by atoms with van der Waals surface area (Å²) < 4.78 is 26.8. The quantitative estimate of drug-likeness (QED) is 0.554. The summed E-state index contributed by atoms with van der Waals surface area (Å²) in [5.41, 5.74) is 6.62. The van der Waals surface area contributed by atoms with Crippen molar-refractivity contribution in [3.63, 3.8) is 0 Å². The Kier molecular flexibility index (Phi) is 8.88. The van der Waals surface area contributed by atoms with Gasteiger partial charge in [0.05, 0.1) is 16.3 Å². The maximum Gasteiger partial charge on any atom is 0.243 e. The Hall–Kier alpha value is -1.64. The number of carbonyl (C=O) groups excluding carboxylic acids is 1. The minimum atomic E-state index is -3.58. The Morgan fingerprint density at radius 1 is 1.16 bits per heavy atom. The standard InChI is InChI=1S/C17H30N4O3S/c1-4-12-19-15-10-9-14(25(23,24)21(5-2)6-3)13-16(15)20-17(22)8-7-11-18/h9-10,13,19H,4-8,11-12,18H2,1-3H3,(H,20,22). The minimum absolute atomic E-state index is 0.173. The second kappa shape index (κ2) is 10.4. The van der Waals surface area contributed by atoms with Gasteiger partial charge >= 0.3 is 0 Å². The van der Waals surface area contributed by atoms with Crippen molar-refractivity contribution in [3.05, 3.63) is 18.2 Å². The van der Waals surface area contributed by atoms with Crippen molar-refractivity contribution in [3.8, 4) is 0 Å². The highest BCUT2D eigenvalue weighted by molar-refractivity contribution is 7.89. The van der Waals surface area contributed by atoms with Gasteiger partial charge in [0.2, 0.25) is 15.9 Å². The molecule has 0 aliphatic rings. The number of anilines is 2. The Balaban J connectivity index is 3.18. The molecule has 0 atom stereocenters. The van der Waals surface area contributed by atoms with Crippen molar-refractivity contribution in [2.45, 2.75) is 44.9 Å². The Labute approximate surface area is 151 Å². The van der Waals surface area contributed by atoms with Gasteiger partial charge in [0.25, 0.3) is 0 Å². The van der Waals surface area contributed by atoms with Crippen molar-refractivity contribution < 1.29 is 13.2 Å². The fourth-order valence-electron chi connectivity index (χ4n) is 2.39. The second-order valence-electron chi connectivity index (χ2n) is 5.66. The van der Waals surface area contributed by atoms with Crippen molar-refractivity contribution in [2.24, 2.45) is 5.73 Å². The van der Waals surface area contributed by atoms with Crippen LogP contribution < -0.4 is 16.4 Å². The van der Waals surface area contributed by atoms with Gasteiger partial charge in [-0.1, -0.05) is 20.8 Å². The number of nitrogens with zero attached hydrogens (tertiary/aromatic N) is 1. The second-order valence-corrected chi connectivity index (χ2v) is 7.60. The lowest BCUT2D eigenvalue weighted by molar-refractivity contribution is -0.116. The first-order valence-corrected chi connectivity index (χ1v) is 10.2. The highest BCUT2D eigenvalue weighted by Crippen LogP contribution is 2.27. The Morgan fingerprint density at radius 2 is 1.84 bits per heavy atom. The molecule has 8 heteroatoms. The van der Waals surface area contributed by atoms with Crippen LogP contribution in [0.2, 0.25) is 0 Å². The smallest absolute Gasteiger partial charge is 0.243 e. The summed E-state index contributed by atoms with van der Waals surface area (Å²) in [6, 6.07) is 4.79. The molecule has 4 N–H and O–H groups in total. The molecule has 0 saturated carbocycles. The average molecular weight is 371 g/mol. The van der Waals surface area contributed by atoms with Crippen LogP contribution >= 0.6 is 0 Å². The van der Waals surface area contributed by atoms with Gasteiger partial charge in [-0.2, -0.15) is 4.31 Å². The maximum atomic E-state index is 12.7. The van der Waals surface area contributed by atoms with E-state index in [4.69, 9.17) is 5.73 Å². The molecular weight excluding hydrogens is 340 g/mol. The number of sulfonamides is 1. The molecule has 0 aliphatic heterocycles. The van der Waals surface area contributed by atoms with E-state index in [-0.39, 0.29) is 10.8 Å². The van der Waals surface area contributed by atoms with Crippen LogP contribution in [-0.4, -0.2) is 44.8 Å². The van der Waals surface area contributed by atoms with E-state index in [1.807, 2.05) is 6.92 Å². The predicted molar refractivity (Wildman–Crippen MR) is 102 cm³/mol. The summed E-state index contributed by atoms with van der Waals surface area (Å²) in [6.07, 6.45) is 1.80. The maximum absolute atomic E-state index is 12.7. The van der Waals surface area contributed by atoms with Crippen molar-refractivity contribution >= 4 is 27.3 Å². The molecule has 1 aromatic rings. The van der Waals surface area contributed by atoms with Crippen LogP contribution in [0.15, 0.2) is 23.1 Å². The summed E-state index contributed by atoms with van der Waals surface area (Å²) in [6.45, 7) is 7.59. The molecule has 0 fully saturated rings. The van der Waals surface area contributed by atoms with Crippen molar-refractivity contribution in [2.75, 3.05) is 36.8 Å². The van der Waals surface area contributed by atoms with Crippen LogP contribution in [0, 0.1) is 0 Å². The molecule has 1 aromatic carbocycles. The van der Waals surface area contributed by atoms with Gasteiger partial charge < -0.3 is 16.4 Å². The summed E-state index contributed by atoms with van der Waals surface area (Å²) >= 11 is 0. The highest BCUT2D eigenvalue weighted by atomic mass is 32.2. The van der Waals surface area contributed by atoms with Crippen LogP contribution in [-0.2, 0) is 14.8 Å². The molecule has 0 radical (unpaired) electrons. The number of amides is 1. The van der Waals surface area contributed by atoms with E-state index in [9.17, 15) is 13.2 Å². The zero-order valence-corrected chi connectivity index (χ0v) is 16.2. The van der Waals surface area contributed by atoms with Gasteiger partial charge in [-0.15, -0.1) is 0 Å². The number of benzene rings is 1. The van der Waals surface area contributed by atoms with Gasteiger partial charge in [-0.25, -0.2) is 8.42 Å². The van der Waals surface area contributed by atoms with E-state index < -0.39 is 10.0 Å². The highest BCUT2D eigenvalue weighted by Gasteiger charge is 2.23. The van der Waals surface area contributed by atoms with E-state index in [1.54, 1.807) is 26.0 Å². The third kappa shape index (κ3) is 5.98. The first-order valence-electron chi connectivity index (χ1n) is 8.78. The molecule has 0 heterocycles. The van der Waals surface area contributed by atoms with E-state index in [2.05, 4.69) is 10.6 Å². The van der Waals surface area contributed by atoms with Crippen molar-refractivity contribution in [1.29, 1.82) is 0 Å². The van der Waals surface area contributed by atoms with Gasteiger partial charge in [0.1, 0.15) is 0 Å². The lowest BCUT2D eigenvalue weighted by Crippen LogP contribution is -2.30. The average Bonchev–Trinajstić information content (AvgIpc) is 2.59.